The Kier molecular flexibility index (Phi) is 5.73. The molecule has 2 atom stereocenters. The fourth-order valence-electron chi connectivity index (χ4n) is 2.09. The van der Waals surface area contributed by atoms with Crippen LogP contribution < -0.4 is 0 Å². The Morgan fingerprint density at radius 1 is 1.62 bits per heavy atom. The molecular weight excluding hydrogens is 210 g/mol. The van der Waals surface area contributed by atoms with Crippen LogP contribution in [0.3, 0.4) is 0 Å². The Balaban J connectivity index is 2.33. The van der Waals surface area contributed by atoms with E-state index in [-0.39, 0.29) is 0 Å². The van der Waals surface area contributed by atoms with Crippen LogP contribution >= 0.6 is 0 Å². The maximum Gasteiger partial charge on any atom is 0.334 e. The second-order valence-electron chi connectivity index (χ2n) is 4.15. The lowest BCUT2D eigenvalue weighted by atomic mass is 10.1. The van der Waals surface area contributed by atoms with E-state index in [9.17, 15) is 4.79 Å². The Morgan fingerprint density at radius 2 is 2.38 bits per heavy atom. The molecule has 0 aliphatic carbocycles. The molecular formula is C11H21NO4. The van der Waals surface area contributed by atoms with Gasteiger partial charge < -0.3 is 14.6 Å². The van der Waals surface area contributed by atoms with Gasteiger partial charge in [-0.2, -0.15) is 0 Å². The first kappa shape index (κ1) is 13.4. The predicted octanol–water partition coefficient (Wildman–Crippen LogP) is 0.444. The van der Waals surface area contributed by atoms with Crippen LogP contribution in [-0.4, -0.2) is 62.0 Å². The van der Waals surface area contributed by atoms with Crippen LogP contribution in [0.1, 0.15) is 13.3 Å². The average molecular weight is 231 g/mol. The maximum absolute atomic E-state index is 10.9. The zero-order valence-corrected chi connectivity index (χ0v) is 10.0. The zero-order chi connectivity index (χ0) is 12.0. The quantitative estimate of drug-likeness (QED) is 0.689. The summed E-state index contributed by atoms with van der Waals surface area (Å²) in [7, 11) is 1.70. The number of nitrogens with zero attached hydrogens (tertiary/aromatic N) is 1. The number of hydrogen-bond donors (Lipinski definition) is 1. The maximum atomic E-state index is 10.9. The number of methoxy groups -OCH3 is 1. The SMILES string of the molecule is CCOC(CN1CCC(COC)C1)C(=O)O. The molecule has 1 rings (SSSR count). The van der Waals surface area contributed by atoms with Crippen LogP contribution in [0.5, 0.6) is 0 Å². The number of aliphatic carboxylic acids is 1. The molecule has 1 heterocycles. The van der Waals surface area contributed by atoms with E-state index in [1.54, 1.807) is 7.11 Å². The van der Waals surface area contributed by atoms with Crippen LogP contribution in [0.2, 0.25) is 0 Å². The summed E-state index contributed by atoms with van der Waals surface area (Å²) in [6.45, 7) is 5.32. The minimum absolute atomic E-state index is 0.437. The van der Waals surface area contributed by atoms with Crippen LogP contribution in [0.4, 0.5) is 0 Å². The number of carboxylic acid groups (broad SMARTS) is 1. The largest absolute Gasteiger partial charge is 0.479 e. The molecule has 1 N–H and O–H groups in total. The third kappa shape index (κ3) is 4.08. The molecule has 1 aliphatic rings. The zero-order valence-electron chi connectivity index (χ0n) is 10.0. The number of ether oxygens (including phenoxy) is 2. The average Bonchev–Trinajstić information content (AvgIpc) is 2.65. The van der Waals surface area contributed by atoms with Gasteiger partial charge >= 0.3 is 5.97 Å². The minimum Gasteiger partial charge on any atom is -0.479 e. The Hall–Kier alpha value is -0.650. The summed E-state index contributed by atoms with van der Waals surface area (Å²) in [5.41, 5.74) is 0. The first-order valence-corrected chi connectivity index (χ1v) is 5.73. The lowest BCUT2D eigenvalue weighted by Gasteiger charge is -2.20. The monoisotopic (exact) mass is 231 g/mol. The summed E-state index contributed by atoms with van der Waals surface area (Å²) >= 11 is 0. The van der Waals surface area contributed by atoms with Gasteiger partial charge in [-0.25, -0.2) is 4.79 Å². The van der Waals surface area contributed by atoms with Gasteiger partial charge in [0.15, 0.2) is 6.10 Å². The Labute approximate surface area is 96.3 Å². The van der Waals surface area contributed by atoms with Gasteiger partial charge in [0.1, 0.15) is 0 Å². The summed E-state index contributed by atoms with van der Waals surface area (Å²) in [6, 6.07) is 0. The molecule has 1 saturated heterocycles. The van der Waals surface area contributed by atoms with Crippen molar-refractivity contribution in [2.45, 2.75) is 19.4 Å². The van der Waals surface area contributed by atoms with Gasteiger partial charge in [0, 0.05) is 26.8 Å². The van der Waals surface area contributed by atoms with Crippen LogP contribution in [0.25, 0.3) is 0 Å². The van der Waals surface area contributed by atoms with E-state index in [4.69, 9.17) is 14.6 Å². The standard InChI is InChI=1S/C11H21NO4/c1-3-16-10(11(13)14)7-12-5-4-9(6-12)8-15-2/h9-10H,3-8H2,1-2H3,(H,13,14). The van der Waals surface area contributed by atoms with Gasteiger partial charge in [-0.1, -0.05) is 0 Å². The lowest BCUT2D eigenvalue weighted by Crippen LogP contribution is -2.37. The van der Waals surface area contributed by atoms with E-state index in [0.717, 1.165) is 26.1 Å². The number of rotatable bonds is 7. The lowest BCUT2D eigenvalue weighted by molar-refractivity contribution is -0.151. The predicted molar refractivity (Wildman–Crippen MR) is 59.5 cm³/mol. The molecule has 1 fully saturated rings. The first-order chi connectivity index (χ1) is 7.67. The van der Waals surface area contributed by atoms with E-state index in [1.165, 1.54) is 0 Å². The third-order valence-electron chi connectivity index (χ3n) is 2.84. The van der Waals surface area contributed by atoms with Crippen molar-refractivity contribution in [1.82, 2.24) is 4.90 Å². The number of hydrogen-bond acceptors (Lipinski definition) is 4. The van der Waals surface area contributed by atoms with E-state index in [1.807, 2.05) is 6.92 Å². The van der Waals surface area contributed by atoms with Crippen molar-refractivity contribution in [1.29, 1.82) is 0 Å². The number of carboxylic acids is 1. The summed E-state index contributed by atoms with van der Waals surface area (Å²) in [5.74, 6) is -0.349. The summed E-state index contributed by atoms with van der Waals surface area (Å²) < 4.78 is 10.3. The second kappa shape index (κ2) is 6.83. The summed E-state index contributed by atoms with van der Waals surface area (Å²) in [4.78, 5) is 13.0. The molecule has 94 valence electrons. The molecule has 0 bridgehead atoms. The fraction of sp³-hybridized carbons (Fsp3) is 0.909. The van der Waals surface area contributed by atoms with Crippen molar-refractivity contribution in [3.63, 3.8) is 0 Å². The van der Waals surface area contributed by atoms with E-state index in [2.05, 4.69) is 4.90 Å². The smallest absolute Gasteiger partial charge is 0.334 e. The molecule has 0 radical (unpaired) electrons. The van der Waals surface area contributed by atoms with E-state index < -0.39 is 12.1 Å². The van der Waals surface area contributed by atoms with Crippen molar-refractivity contribution in [3.05, 3.63) is 0 Å². The van der Waals surface area contributed by atoms with Crippen LogP contribution in [-0.2, 0) is 14.3 Å². The Bertz CT molecular complexity index is 222. The van der Waals surface area contributed by atoms with Crippen LogP contribution in [0.15, 0.2) is 0 Å². The van der Waals surface area contributed by atoms with Crippen molar-refractivity contribution in [3.8, 4) is 0 Å². The molecule has 0 saturated carbocycles. The van der Waals surface area contributed by atoms with Gasteiger partial charge in [-0.3, -0.25) is 4.90 Å². The number of carbonyl (C=O) groups is 1. The fourth-order valence-corrected chi connectivity index (χ4v) is 2.09. The van der Waals surface area contributed by atoms with Crippen LogP contribution in [0, 0.1) is 5.92 Å². The van der Waals surface area contributed by atoms with Gasteiger partial charge in [0.05, 0.1) is 6.61 Å². The minimum atomic E-state index is -0.878. The molecule has 0 aromatic rings. The number of likely N-dealkylation sites (tertiary alicyclic amines) is 1. The van der Waals surface area contributed by atoms with Crippen molar-refractivity contribution in [2.75, 3.05) is 40.0 Å². The van der Waals surface area contributed by atoms with Gasteiger partial charge in [0.2, 0.25) is 0 Å². The highest BCUT2D eigenvalue weighted by Crippen LogP contribution is 2.16. The normalized spacial score (nSPS) is 23.5. The highest BCUT2D eigenvalue weighted by molar-refractivity contribution is 5.72. The highest BCUT2D eigenvalue weighted by Gasteiger charge is 2.27. The molecule has 0 spiro atoms. The topological polar surface area (TPSA) is 59.0 Å². The molecule has 0 amide bonds. The Morgan fingerprint density at radius 3 is 2.94 bits per heavy atom. The summed E-state index contributed by atoms with van der Waals surface area (Å²) in [5, 5.41) is 8.96. The molecule has 5 nitrogen and oxygen atoms in total. The first-order valence-electron chi connectivity index (χ1n) is 5.73. The van der Waals surface area contributed by atoms with Gasteiger partial charge in [-0.05, 0) is 25.8 Å². The van der Waals surface area contributed by atoms with Gasteiger partial charge in [-0.15, -0.1) is 0 Å². The second-order valence-corrected chi connectivity index (χ2v) is 4.15. The summed E-state index contributed by atoms with van der Waals surface area (Å²) in [6.07, 6.45) is 0.373. The van der Waals surface area contributed by atoms with Crippen molar-refractivity contribution < 1.29 is 19.4 Å². The van der Waals surface area contributed by atoms with E-state index in [0.29, 0.717) is 19.1 Å². The molecule has 0 aromatic carbocycles. The molecule has 0 aromatic heterocycles. The van der Waals surface area contributed by atoms with Gasteiger partial charge in [0.25, 0.3) is 0 Å². The third-order valence-corrected chi connectivity index (χ3v) is 2.84. The molecule has 1 aliphatic heterocycles. The molecule has 5 heteroatoms. The van der Waals surface area contributed by atoms with Crippen molar-refractivity contribution >= 4 is 5.97 Å². The highest BCUT2D eigenvalue weighted by atomic mass is 16.5. The molecule has 2 unspecified atom stereocenters. The van der Waals surface area contributed by atoms with E-state index >= 15 is 0 Å². The van der Waals surface area contributed by atoms with Crippen molar-refractivity contribution in [2.24, 2.45) is 5.92 Å². The molecule has 16 heavy (non-hydrogen) atoms.